The van der Waals surface area contributed by atoms with E-state index in [1.54, 1.807) is 74.2 Å². The van der Waals surface area contributed by atoms with Gasteiger partial charge in [0.05, 0.1) is 29.9 Å². The second-order valence-electron chi connectivity index (χ2n) is 11.0. The number of fused-ring (bicyclic) bond motifs is 1. The number of carboxylic acid groups (broad SMARTS) is 1. The SMILES string of the molecule is CC(C)(C)OC(=O)NN=Cc1ccc(NC(=O)N2c3ccccc3C(=O)N(CCc3ccccc3)CC2CC(=O)O)cc1. The van der Waals surface area contributed by atoms with Crippen LogP contribution in [-0.4, -0.2) is 65.0 Å². The number of hydrogen-bond donors (Lipinski definition) is 3. The summed E-state index contributed by atoms with van der Waals surface area (Å²) >= 11 is 0. The number of carbonyl (C=O) groups is 4. The van der Waals surface area contributed by atoms with Gasteiger partial charge in [0, 0.05) is 18.8 Å². The van der Waals surface area contributed by atoms with Crippen molar-refractivity contribution in [3.8, 4) is 0 Å². The molecule has 0 radical (unpaired) electrons. The molecule has 0 bridgehead atoms. The van der Waals surface area contributed by atoms with Crippen LogP contribution < -0.4 is 15.6 Å². The van der Waals surface area contributed by atoms with Crippen LogP contribution in [0.2, 0.25) is 0 Å². The summed E-state index contributed by atoms with van der Waals surface area (Å²) in [5.41, 5.74) is 4.46. The highest BCUT2D eigenvalue weighted by Gasteiger charge is 2.37. The molecule has 43 heavy (non-hydrogen) atoms. The van der Waals surface area contributed by atoms with Crippen LogP contribution in [0.3, 0.4) is 0 Å². The predicted octanol–water partition coefficient (Wildman–Crippen LogP) is 5.13. The Balaban J connectivity index is 1.52. The summed E-state index contributed by atoms with van der Waals surface area (Å²) < 4.78 is 5.13. The van der Waals surface area contributed by atoms with Crippen molar-refractivity contribution in [2.75, 3.05) is 23.3 Å². The molecule has 0 spiro atoms. The van der Waals surface area contributed by atoms with Crippen molar-refractivity contribution < 1.29 is 29.0 Å². The predicted molar refractivity (Wildman–Crippen MR) is 163 cm³/mol. The van der Waals surface area contributed by atoms with Gasteiger partial charge < -0.3 is 20.1 Å². The Bertz CT molecular complexity index is 1480. The van der Waals surface area contributed by atoms with E-state index in [1.807, 2.05) is 30.3 Å². The highest BCUT2D eigenvalue weighted by Crippen LogP contribution is 2.30. The molecule has 0 fully saturated rings. The smallest absolute Gasteiger partial charge is 0.428 e. The molecule has 3 aromatic carbocycles. The number of aliphatic carboxylic acids is 1. The van der Waals surface area contributed by atoms with Crippen molar-refractivity contribution in [1.82, 2.24) is 10.3 Å². The van der Waals surface area contributed by atoms with Crippen molar-refractivity contribution in [1.29, 1.82) is 0 Å². The minimum atomic E-state index is -1.08. The Morgan fingerprint density at radius 3 is 2.35 bits per heavy atom. The number of carbonyl (C=O) groups excluding carboxylic acids is 3. The molecule has 0 aromatic heterocycles. The molecule has 1 unspecified atom stereocenters. The van der Waals surface area contributed by atoms with Crippen LogP contribution in [0, 0.1) is 0 Å². The molecule has 3 N–H and O–H groups in total. The molecular formula is C32H35N5O6. The van der Waals surface area contributed by atoms with E-state index < -0.39 is 29.7 Å². The Hall–Kier alpha value is -5.19. The summed E-state index contributed by atoms with van der Waals surface area (Å²) in [5.74, 6) is -1.35. The van der Waals surface area contributed by atoms with Crippen LogP contribution in [-0.2, 0) is 16.0 Å². The van der Waals surface area contributed by atoms with Gasteiger partial charge in [-0.25, -0.2) is 15.0 Å². The zero-order valence-electron chi connectivity index (χ0n) is 24.3. The largest absolute Gasteiger partial charge is 0.481 e. The number of amides is 4. The topological polar surface area (TPSA) is 141 Å². The highest BCUT2D eigenvalue weighted by atomic mass is 16.6. The molecule has 1 aliphatic rings. The molecule has 11 heteroatoms. The molecule has 0 saturated heterocycles. The molecule has 224 valence electrons. The van der Waals surface area contributed by atoms with E-state index in [4.69, 9.17) is 4.74 Å². The Kier molecular flexibility index (Phi) is 9.76. The fourth-order valence-corrected chi connectivity index (χ4v) is 4.68. The summed E-state index contributed by atoms with van der Waals surface area (Å²) in [5, 5.41) is 16.4. The fourth-order valence-electron chi connectivity index (χ4n) is 4.68. The zero-order valence-corrected chi connectivity index (χ0v) is 24.3. The van der Waals surface area contributed by atoms with E-state index in [9.17, 15) is 24.3 Å². The van der Waals surface area contributed by atoms with Crippen LogP contribution in [0.1, 0.15) is 48.7 Å². The molecule has 1 atom stereocenters. The standard InChI is InChI=1S/C32H35N5O6/c1-32(2,3)43-31(42)35-33-20-23-13-15-24(16-14-23)34-30(41)37-25(19-28(38)39)21-36(18-17-22-9-5-4-6-10-22)29(40)26-11-7-8-12-27(26)37/h4-16,20,25H,17-19,21H2,1-3H3,(H,34,41)(H,35,42)(H,38,39). The second kappa shape index (κ2) is 13.6. The third-order valence-corrected chi connectivity index (χ3v) is 6.55. The second-order valence-corrected chi connectivity index (χ2v) is 11.0. The molecule has 0 saturated carbocycles. The number of hydrogen-bond acceptors (Lipinski definition) is 6. The van der Waals surface area contributed by atoms with Gasteiger partial charge in [-0.05, 0) is 62.6 Å². The van der Waals surface area contributed by atoms with E-state index in [0.29, 0.717) is 35.5 Å². The summed E-state index contributed by atoms with van der Waals surface area (Å²) in [4.78, 5) is 54.0. The van der Waals surface area contributed by atoms with Gasteiger partial charge in [0.15, 0.2) is 0 Å². The molecule has 4 amide bonds. The Labute approximate surface area is 250 Å². The normalized spacial score (nSPS) is 15.0. The molecule has 1 aliphatic heterocycles. The lowest BCUT2D eigenvalue weighted by molar-refractivity contribution is -0.137. The van der Waals surface area contributed by atoms with Crippen LogP contribution in [0.15, 0.2) is 84.0 Å². The summed E-state index contributed by atoms with van der Waals surface area (Å²) in [6.45, 7) is 5.67. The number of ether oxygens (including phenoxy) is 1. The average Bonchev–Trinajstić information content (AvgIpc) is 3.06. The van der Waals surface area contributed by atoms with E-state index in [1.165, 1.54) is 11.1 Å². The maximum atomic E-state index is 13.7. The van der Waals surface area contributed by atoms with Crippen molar-refractivity contribution >= 4 is 41.6 Å². The van der Waals surface area contributed by atoms with Gasteiger partial charge in [0.1, 0.15) is 5.60 Å². The number of rotatable bonds is 8. The Morgan fingerprint density at radius 2 is 1.67 bits per heavy atom. The minimum absolute atomic E-state index is 0.0557. The summed E-state index contributed by atoms with van der Waals surface area (Å²) in [6, 6.07) is 21.8. The first-order valence-corrected chi connectivity index (χ1v) is 13.9. The molecule has 1 heterocycles. The minimum Gasteiger partial charge on any atom is -0.481 e. The maximum Gasteiger partial charge on any atom is 0.428 e. The van der Waals surface area contributed by atoms with Gasteiger partial charge in [-0.1, -0.05) is 54.6 Å². The van der Waals surface area contributed by atoms with Crippen molar-refractivity contribution in [2.45, 2.75) is 45.3 Å². The van der Waals surface area contributed by atoms with E-state index in [2.05, 4.69) is 15.8 Å². The van der Waals surface area contributed by atoms with Gasteiger partial charge in [0.25, 0.3) is 5.91 Å². The number of anilines is 2. The van der Waals surface area contributed by atoms with Crippen LogP contribution >= 0.6 is 0 Å². The van der Waals surface area contributed by atoms with E-state index >= 15 is 0 Å². The molecule has 4 rings (SSSR count). The van der Waals surface area contributed by atoms with Crippen LogP contribution in [0.4, 0.5) is 21.0 Å². The fraction of sp³-hybridized carbons (Fsp3) is 0.281. The molecule has 11 nitrogen and oxygen atoms in total. The number of nitrogens with zero attached hydrogens (tertiary/aromatic N) is 3. The van der Waals surface area contributed by atoms with Gasteiger partial charge in [-0.2, -0.15) is 5.10 Å². The summed E-state index contributed by atoms with van der Waals surface area (Å²) in [6.07, 6.45) is 0.984. The summed E-state index contributed by atoms with van der Waals surface area (Å²) in [7, 11) is 0. The number of urea groups is 1. The third kappa shape index (κ3) is 8.65. The first-order chi connectivity index (χ1) is 20.5. The van der Waals surface area contributed by atoms with Gasteiger partial charge in [-0.3, -0.25) is 14.5 Å². The lowest BCUT2D eigenvalue weighted by Gasteiger charge is -2.31. The van der Waals surface area contributed by atoms with Crippen LogP contribution in [0.5, 0.6) is 0 Å². The lowest BCUT2D eigenvalue weighted by Crippen LogP contribution is -2.49. The van der Waals surface area contributed by atoms with E-state index in [-0.39, 0.29) is 18.9 Å². The average molecular weight is 586 g/mol. The van der Waals surface area contributed by atoms with Crippen LogP contribution in [0.25, 0.3) is 0 Å². The number of benzene rings is 3. The Morgan fingerprint density at radius 1 is 1.00 bits per heavy atom. The first kappa shape index (κ1) is 30.8. The van der Waals surface area contributed by atoms with Gasteiger partial charge in [-0.15, -0.1) is 0 Å². The lowest BCUT2D eigenvalue weighted by atomic mass is 10.1. The number of para-hydroxylation sites is 1. The quantitative estimate of drug-likeness (QED) is 0.247. The van der Waals surface area contributed by atoms with E-state index in [0.717, 1.165) is 5.56 Å². The first-order valence-electron chi connectivity index (χ1n) is 13.9. The van der Waals surface area contributed by atoms with Crippen molar-refractivity contribution in [3.05, 3.63) is 95.6 Å². The van der Waals surface area contributed by atoms with Gasteiger partial charge in [0.2, 0.25) is 0 Å². The van der Waals surface area contributed by atoms with Gasteiger partial charge >= 0.3 is 18.1 Å². The zero-order chi connectivity index (χ0) is 31.0. The van der Waals surface area contributed by atoms with Crippen molar-refractivity contribution in [2.24, 2.45) is 5.10 Å². The molecule has 3 aromatic rings. The number of hydrazone groups is 1. The number of carboxylic acids is 1. The molecule has 0 aliphatic carbocycles. The molecular weight excluding hydrogens is 550 g/mol. The monoisotopic (exact) mass is 585 g/mol. The third-order valence-electron chi connectivity index (χ3n) is 6.55. The van der Waals surface area contributed by atoms with Crippen molar-refractivity contribution in [3.63, 3.8) is 0 Å². The highest BCUT2D eigenvalue weighted by molar-refractivity contribution is 6.09. The maximum absolute atomic E-state index is 13.7. The number of nitrogens with one attached hydrogen (secondary N) is 2.